The van der Waals surface area contributed by atoms with E-state index < -0.39 is 5.60 Å². The molecule has 5 rings (SSSR count). The largest absolute Gasteiger partial charge is 0.444 e. The van der Waals surface area contributed by atoms with Crippen molar-refractivity contribution in [2.24, 2.45) is 7.05 Å². The van der Waals surface area contributed by atoms with E-state index in [1.165, 1.54) is 0 Å². The van der Waals surface area contributed by atoms with Gasteiger partial charge in [-0.3, -0.25) is 4.90 Å². The fourth-order valence-electron chi connectivity index (χ4n) is 4.87. The highest BCUT2D eigenvalue weighted by atomic mass is 35.5. The van der Waals surface area contributed by atoms with Crippen molar-refractivity contribution in [3.8, 4) is 0 Å². The first-order chi connectivity index (χ1) is 14.6. The summed E-state index contributed by atoms with van der Waals surface area (Å²) in [5.74, 6) is 0.767. The van der Waals surface area contributed by atoms with Gasteiger partial charge in [0.25, 0.3) is 0 Å². The van der Waals surface area contributed by atoms with Gasteiger partial charge in [-0.2, -0.15) is 9.97 Å². The van der Waals surface area contributed by atoms with E-state index in [4.69, 9.17) is 27.9 Å². The lowest BCUT2D eigenvalue weighted by Crippen LogP contribution is -2.57. The van der Waals surface area contributed by atoms with Gasteiger partial charge in [0, 0.05) is 31.7 Å². The highest BCUT2D eigenvalue weighted by Gasteiger charge is 2.45. The van der Waals surface area contributed by atoms with Crippen molar-refractivity contribution in [3.63, 3.8) is 0 Å². The third-order valence-electron chi connectivity index (χ3n) is 6.03. The maximum atomic E-state index is 12.8. The summed E-state index contributed by atoms with van der Waals surface area (Å²) in [6.07, 6.45) is 3.32. The van der Waals surface area contributed by atoms with Crippen molar-refractivity contribution in [1.82, 2.24) is 24.4 Å². The molecule has 8 nitrogen and oxygen atoms in total. The maximum absolute atomic E-state index is 12.8. The third-order valence-corrected chi connectivity index (χ3v) is 6.48. The van der Waals surface area contributed by atoms with Crippen LogP contribution >= 0.6 is 23.2 Å². The number of carbonyl (C=O) groups excluding carboxylic acids is 1. The van der Waals surface area contributed by atoms with E-state index in [1.807, 2.05) is 43.4 Å². The van der Waals surface area contributed by atoms with Gasteiger partial charge in [-0.05, 0) is 51.3 Å². The zero-order valence-electron chi connectivity index (χ0n) is 17.9. The van der Waals surface area contributed by atoms with Crippen LogP contribution < -0.4 is 4.90 Å². The van der Waals surface area contributed by atoms with Crippen LogP contribution in [0.4, 0.5) is 10.6 Å². The zero-order chi connectivity index (χ0) is 22.1. The summed E-state index contributed by atoms with van der Waals surface area (Å²) in [6.45, 7) is 7.00. The fraction of sp³-hybridized carbons (Fsp3) is 0.524. The standard InChI is InChI=1S/C21H24Cl2N6O2/c1-21(2,3)31-20(30)29-11-5-6-12(29)10-28(9-11)18-14-13-7-8-24-16(22)15(13)27(4)17(14)25-19(23)26-18/h7-8,11-12H,5-6,9-10H2,1-4H3. The molecule has 2 aliphatic heterocycles. The number of aryl methyl sites for hydroxylation is 1. The Bertz CT molecular complexity index is 1190. The molecule has 3 aromatic heterocycles. The molecule has 31 heavy (non-hydrogen) atoms. The molecule has 0 aromatic carbocycles. The predicted octanol–water partition coefficient (Wildman–Crippen LogP) is 4.41. The Hall–Kier alpha value is -2.32. The number of fused-ring (bicyclic) bond motifs is 5. The van der Waals surface area contributed by atoms with Gasteiger partial charge in [0.1, 0.15) is 17.1 Å². The number of amides is 1. The number of piperazine rings is 1. The Morgan fingerprint density at radius 2 is 1.84 bits per heavy atom. The van der Waals surface area contributed by atoms with Gasteiger partial charge in [0.15, 0.2) is 5.15 Å². The van der Waals surface area contributed by atoms with Gasteiger partial charge in [-0.15, -0.1) is 0 Å². The smallest absolute Gasteiger partial charge is 0.410 e. The summed E-state index contributed by atoms with van der Waals surface area (Å²) in [7, 11) is 1.90. The molecule has 2 unspecified atom stereocenters. The summed E-state index contributed by atoms with van der Waals surface area (Å²) < 4.78 is 7.56. The molecule has 1 amide bonds. The van der Waals surface area contributed by atoms with Crippen molar-refractivity contribution in [3.05, 3.63) is 22.7 Å². The van der Waals surface area contributed by atoms with E-state index >= 15 is 0 Å². The molecule has 5 heterocycles. The van der Waals surface area contributed by atoms with Crippen LogP contribution in [0.15, 0.2) is 12.3 Å². The average Bonchev–Trinajstić information content (AvgIpc) is 3.11. The summed E-state index contributed by atoms with van der Waals surface area (Å²) >= 11 is 12.7. The quantitative estimate of drug-likeness (QED) is 0.393. The van der Waals surface area contributed by atoms with Crippen LogP contribution in [-0.2, 0) is 11.8 Å². The van der Waals surface area contributed by atoms with Gasteiger partial charge in [0.05, 0.1) is 23.0 Å². The molecule has 2 fully saturated rings. The molecule has 0 radical (unpaired) electrons. The number of aromatic nitrogens is 4. The Morgan fingerprint density at radius 3 is 2.48 bits per heavy atom. The Morgan fingerprint density at radius 1 is 1.16 bits per heavy atom. The number of hydrogen-bond donors (Lipinski definition) is 0. The van der Waals surface area contributed by atoms with Crippen LogP contribution in [0.25, 0.3) is 21.9 Å². The summed E-state index contributed by atoms with van der Waals surface area (Å²) in [6, 6.07) is 2.06. The van der Waals surface area contributed by atoms with E-state index in [2.05, 4.69) is 19.9 Å². The second-order valence-electron chi connectivity index (χ2n) is 9.25. The van der Waals surface area contributed by atoms with Crippen LogP contribution in [0.1, 0.15) is 33.6 Å². The highest BCUT2D eigenvalue weighted by molar-refractivity contribution is 6.35. The number of rotatable bonds is 1. The predicted molar refractivity (Wildman–Crippen MR) is 121 cm³/mol. The summed E-state index contributed by atoms with van der Waals surface area (Å²) in [4.78, 5) is 30.2. The zero-order valence-corrected chi connectivity index (χ0v) is 19.4. The Kier molecular flexibility index (Phi) is 4.71. The molecule has 2 bridgehead atoms. The first-order valence-corrected chi connectivity index (χ1v) is 11.1. The Balaban J connectivity index is 1.56. The van der Waals surface area contributed by atoms with Gasteiger partial charge in [-0.1, -0.05) is 11.6 Å². The second kappa shape index (κ2) is 7.10. The molecule has 0 saturated carbocycles. The molecule has 0 N–H and O–H groups in total. The minimum atomic E-state index is -0.518. The van der Waals surface area contributed by atoms with Crippen molar-refractivity contribution in [2.75, 3.05) is 18.0 Å². The normalized spacial score (nSPS) is 21.4. The lowest BCUT2D eigenvalue weighted by Gasteiger charge is -2.42. The van der Waals surface area contributed by atoms with Crippen molar-refractivity contribution < 1.29 is 9.53 Å². The number of hydrogen-bond acceptors (Lipinski definition) is 6. The second-order valence-corrected chi connectivity index (χ2v) is 9.95. The van der Waals surface area contributed by atoms with Crippen molar-refractivity contribution >= 4 is 57.0 Å². The maximum Gasteiger partial charge on any atom is 0.410 e. The summed E-state index contributed by atoms with van der Waals surface area (Å²) in [5.41, 5.74) is 0.991. The van der Waals surface area contributed by atoms with Gasteiger partial charge >= 0.3 is 6.09 Å². The number of nitrogens with zero attached hydrogens (tertiary/aromatic N) is 6. The first-order valence-electron chi connectivity index (χ1n) is 10.4. The van der Waals surface area contributed by atoms with Crippen LogP contribution in [0.5, 0.6) is 0 Å². The lowest BCUT2D eigenvalue weighted by molar-refractivity contribution is 0.0123. The van der Waals surface area contributed by atoms with E-state index in [1.54, 1.807) is 6.20 Å². The number of carbonyl (C=O) groups is 1. The van der Waals surface area contributed by atoms with Crippen LogP contribution in [0.3, 0.4) is 0 Å². The SMILES string of the molecule is Cn1c2nc(Cl)nc(N3CC4CCC(C3)N4C(=O)OC(C)(C)C)c2c2ccnc(Cl)c21. The van der Waals surface area contributed by atoms with Crippen LogP contribution in [0.2, 0.25) is 10.4 Å². The van der Waals surface area contributed by atoms with Gasteiger partial charge in [0.2, 0.25) is 5.28 Å². The van der Waals surface area contributed by atoms with E-state index in [9.17, 15) is 4.79 Å². The molecule has 2 aliphatic rings. The van der Waals surface area contributed by atoms with Crippen LogP contribution in [0, 0.1) is 0 Å². The molecular formula is C21H24Cl2N6O2. The molecule has 2 saturated heterocycles. The lowest BCUT2D eigenvalue weighted by atomic mass is 10.1. The number of halogens is 2. The van der Waals surface area contributed by atoms with Gasteiger partial charge in [-0.25, -0.2) is 9.78 Å². The average molecular weight is 463 g/mol. The monoisotopic (exact) mass is 462 g/mol. The van der Waals surface area contributed by atoms with E-state index in [-0.39, 0.29) is 23.5 Å². The molecule has 0 spiro atoms. The Labute approximate surface area is 190 Å². The van der Waals surface area contributed by atoms with Crippen LogP contribution in [-0.4, -0.2) is 61.3 Å². The molecule has 3 aromatic rings. The van der Waals surface area contributed by atoms with Crippen molar-refractivity contribution in [2.45, 2.75) is 51.3 Å². The first kappa shape index (κ1) is 20.6. The van der Waals surface area contributed by atoms with E-state index in [0.29, 0.717) is 23.9 Å². The van der Waals surface area contributed by atoms with E-state index in [0.717, 1.165) is 34.9 Å². The molecule has 2 atom stereocenters. The third kappa shape index (κ3) is 3.36. The highest BCUT2D eigenvalue weighted by Crippen LogP contribution is 2.39. The minimum absolute atomic E-state index is 0.0672. The fourth-order valence-corrected chi connectivity index (χ4v) is 5.31. The molecular weight excluding hydrogens is 439 g/mol. The minimum Gasteiger partial charge on any atom is -0.444 e. The molecule has 164 valence electrons. The number of pyridine rings is 1. The topological polar surface area (TPSA) is 76.4 Å². The summed E-state index contributed by atoms with van der Waals surface area (Å²) in [5, 5.41) is 2.43. The number of anilines is 1. The number of ether oxygens (including phenoxy) is 1. The molecule has 10 heteroatoms. The van der Waals surface area contributed by atoms with Crippen molar-refractivity contribution in [1.29, 1.82) is 0 Å². The van der Waals surface area contributed by atoms with Gasteiger partial charge < -0.3 is 14.2 Å². The molecule has 0 aliphatic carbocycles.